The van der Waals surface area contributed by atoms with Crippen LogP contribution in [-0.4, -0.2) is 34.2 Å². The molecule has 4 rings (SSSR count). The summed E-state index contributed by atoms with van der Waals surface area (Å²) in [5, 5.41) is 0. The number of aromatic nitrogens is 1. The van der Waals surface area contributed by atoms with Gasteiger partial charge in [0.05, 0.1) is 11.7 Å². The highest BCUT2D eigenvalue weighted by molar-refractivity contribution is 5.95. The van der Waals surface area contributed by atoms with Crippen LogP contribution in [0.5, 0.6) is 0 Å². The maximum Gasteiger partial charge on any atom is 0.420 e. The number of anilines is 2. The average molecular weight is 488 g/mol. The minimum Gasteiger partial charge on any atom is -0.445 e. The second-order valence-corrected chi connectivity index (χ2v) is 9.85. The van der Waals surface area contributed by atoms with Crippen LogP contribution in [0.3, 0.4) is 0 Å². The number of pyridine rings is 1. The number of rotatable bonds is 5. The summed E-state index contributed by atoms with van der Waals surface area (Å²) in [5.41, 5.74) is 1.88. The Labute approximate surface area is 212 Å². The first-order valence-corrected chi connectivity index (χ1v) is 12.3. The van der Waals surface area contributed by atoms with Gasteiger partial charge >= 0.3 is 12.2 Å². The lowest BCUT2D eigenvalue weighted by Gasteiger charge is -2.35. The summed E-state index contributed by atoms with van der Waals surface area (Å²) >= 11 is 0. The Morgan fingerprint density at radius 2 is 1.67 bits per heavy atom. The Kier molecular flexibility index (Phi) is 7.88. The molecule has 0 bridgehead atoms. The number of hydrogen-bond acceptors (Lipinski definition) is 5. The van der Waals surface area contributed by atoms with E-state index in [1.807, 2.05) is 87.5 Å². The van der Waals surface area contributed by atoms with E-state index in [4.69, 9.17) is 9.47 Å². The van der Waals surface area contributed by atoms with Crippen molar-refractivity contribution in [2.75, 3.05) is 11.4 Å². The van der Waals surface area contributed by atoms with Gasteiger partial charge in [0.15, 0.2) is 0 Å². The number of benzene rings is 2. The second-order valence-electron chi connectivity index (χ2n) is 9.85. The zero-order valence-corrected chi connectivity index (χ0v) is 21.1. The van der Waals surface area contributed by atoms with Gasteiger partial charge in [0.25, 0.3) is 0 Å². The zero-order valence-electron chi connectivity index (χ0n) is 21.1. The van der Waals surface area contributed by atoms with Crippen LogP contribution in [0.1, 0.15) is 57.2 Å². The van der Waals surface area contributed by atoms with E-state index in [2.05, 4.69) is 4.98 Å². The van der Waals surface area contributed by atoms with Gasteiger partial charge in [-0.05, 0) is 69.4 Å². The minimum absolute atomic E-state index is 0.129. The van der Waals surface area contributed by atoms with E-state index in [1.54, 1.807) is 17.2 Å². The van der Waals surface area contributed by atoms with E-state index in [0.29, 0.717) is 18.1 Å². The molecule has 0 aliphatic carbocycles. The molecule has 1 unspecified atom stereocenters. The number of carbonyl (C=O) groups excluding carboxylic acids is 2. The monoisotopic (exact) mass is 487 g/mol. The lowest BCUT2D eigenvalue weighted by atomic mass is 9.97. The third-order valence-corrected chi connectivity index (χ3v) is 5.92. The smallest absolute Gasteiger partial charge is 0.420 e. The largest absolute Gasteiger partial charge is 0.445 e. The number of ether oxygens (including phenoxy) is 2. The van der Waals surface area contributed by atoms with Crippen molar-refractivity contribution < 1.29 is 19.1 Å². The van der Waals surface area contributed by atoms with Crippen molar-refractivity contribution in [2.45, 2.75) is 58.3 Å². The molecule has 2 amide bonds. The fraction of sp³-hybridized carbons (Fsp3) is 0.345. The molecule has 2 heterocycles. The van der Waals surface area contributed by atoms with E-state index in [-0.39, 0.29) is 18.7 Å². The minimum atomic E-state index is -0.646. The van der Waals surface area contributed by atoms with Gasteiger partial charge in [0.2, 0.25) is 0 Å². The molecule has 0 saturated carbocycles. The van der Waals surface area contributed by atoms with Crippen molar-refractivity contribution in [1.29, 1.82) is 0 Å². The van der Waals surface area contributed by atoms with Gasteiger partial charge < -0.3 is 14.4 Å². The number of nitrogens with zero attached hydrogens (tertiary/aromatic N) is 3. The highest BCUT2D eigenvalue weighted by Gasteiger charge is 2.30. The van der Waals surface area contributed by atoms with Crippen molar-refractivity contribution in [3.63, 3.8) is 0 Å². The first kappa shape index (κ1) is 25.2. The van der Waals surface area contributed by atoms with E-state index in [0.717, 1.165) is 30.4 Å². The first-order chi connectivity index (χ1) is 17.3. The molecule has 2 aromatic carbocycles. The number of piperidine rings is 1. The summed E-state index contributed by atoms with van der Waals surface area (Å²) < 4.78 is 11.3. The summed E-state index contributed by atoms with van der Waals surface area (Å²) in [7, 11) is 0. The standard InChI is InChI=1S/C29H33N3O4/c1-29(2,3)36-28(34)32(24-14-8-5-9-15-24)26-18-17-23(20-30-26)25-16-10-11-19-31(25)27(33)35-21-22-12-6-4-7-13-22/h4-9,12-15,17-18,20,25H,10-11,16,19,21H2,1-3H3. The molecule has 188 valence electrons. The quantitative estimate of drug-likeness (QED) is 0.387. The summed E-state index contributed by atoms with van der Waals surface area (Å²) in [6.45, 7) is 6.37. The van der Waals surface area contributed by atoms with Crippen LogP contribution in [0.4, 0.5) is 21.1 Å². The maximum atomic E-state index is 13.1. The third-order valence-electron chi connectivity index (χ3n) is 5.92. The Morgan fingerprint density at radius 3 is 2.31 bits per heavy atom. The van der Waals surface area contributed by atoms with E-state index in [1.165, 1.54) is 4.90 Å². The summed E-state index contributed by atoms with van der Waals surface area (Å²) in [6.07, 6.45) is 3.69. The Morgan fingerprint density at radius 1 is 0.972 bits per heavy atom. The van der Waals surface area contributed by atoms with E-state index >= 15 is 0 Å². The molecule has 1 aliphatic rings. The SMILES string of the molecule is CC(C)(C)OC(=O)N(c1ccccc1)c1ccc(C2CCCCN2C(=O)OCc2ccccc2)cn1. The normalized spacial score (nSPS) is 15.8. The molecule has 3 aromatic rings. The predicted octanol–water partition coefficient (Wildman–Crippen LogP) is 7.02. The molecule has 1 aliphatic heterocycles. The Balaban J connectivity index is 1.53. The maximum absolute atomic E-state index is 13.1. The summed E-state index contributed by atoms with van der Waals surface area (Å²) in [4.78, 5) is 33.9. The predicted molar refractivity (Wildman–Crippen MR) is 139 cm³/mol. The molecular weight excluding hydrogens is 454 g/mol. The number of para-hydroxylation sites is 1. The number of carbonyl (C=O) groups is 2. The number of amides is 2. The summed E-state index contributed by atoms with van der Waals surface area (Å²) in [6, 6.07) is 22.6. The lowest BCUT2D eigenvalue weighted by molar-refractivity contribution is 0.0598. The van der Waals surface area contributed by atoms with Gasteiger partial charge in [-0.15, -0.1) is 0 Å². The molecule has 7 nitrogen and oxygen atoms in total. The molecule has 7 heteroatoms. The summed E-state index contributed by atoms with van der Waals surface area (Å²) in [5.74, 6) is 0.452. The van der Waals surface area contributed by atoms with Crippen molar-refractivity contribution in [1.82, 2.24) is 9.88 Å². The van der Waals surface area contributed by atoms with Crippen LogP contribution in [-0.2, 0) is 16.1 Å². The van der Waals surface area contributed by atoms with Crippen LogP contribution >= 0.6 is 0 Å². The van der Waals surface area contributed by atoms with Gasteiger partial charge in [-0.25, -0.2) is 19.5 Å². The van der Waals surface area contributed by atoms with Gasteiger partial charge in [0, 0.05) is 12.7 Å². The topological polar surface area (TPSA) is 72.0 Å². The molecule has 0 N–H and O–H groups in total. The molecule has 1 saturated heterocycles. The average Bonchev–Trinajstić information content (AvgIpc) is 2.88. The highest BCUT2D eigenvalue weighted by Crippen LogP contribution is 2.33. The second kappa shape index (κ2) is 11.2. The van der Waals surface area contributed by atoms with Crippen LogP contribution in [0.2, 0.25) is 0 Å². The van der Waals surface area contributed by atoms with Crippen molar-refractivity contribution in [3.8, 4) is 0 Å². The Hall–Kier alpha value is -3.87. The molecule has 0 radical (unpaired) electrons. The van der Waals surface area contributed by atoms with Gasteiger partial charge in [0.1, 0.15) is 18.0 Å². The van der Waals surface area contributed by atoms with Crippen LogP contribution in [0, 0.1) is 0 Å². The molecular formula is C29H33N3O4. The van der Waals surface area contributed by atoms with Crippen LogP contribution in [0.15, 0.2) is 79.0 Å². The number of likely N-dealkylation sites (tertiary alicyclic amines) is 1. The van der Waals surface area contributed by atoms with Gasteiger partial charge in [-0.1, -0.05) is 54.6 Å². The van der Waals surface area contributed by atoms with E-state index < -0.39 is 11.7 Å². The van der Waals surface area contributed by atoms with E-state index in [9.17, 15) is 9.59 Å². The van der Waals surface area contributed by atoms with Crippen LogP contribution in [0.25, 0.3) is 0 Å². The van der Waals surface area contributed by atoms with Gasteiger partial charge in [-0.2, -0.15) is 0 Å². The lowest BCUT2D eigenvalue weighted by Crippen LogP contribution is -2.39. The third kappa shape index (κ3) is 6.42. The van der Waals surface area contributed by atoms with Crippen LogP contribution < -0.4 is 4.90 Å². The molecule has 1 atom stereocenters. The zero-order chi connectivity index (χ0) is 25.5. The Bertz CT molecular complexity index is 1140. The highest BCUT2D eigenvalue weighted by atomic mass is 16.6. The molecule has 36 heavy (non-hydrogen) atoms. The first-order valence-electron chi connectivity index (χ1n) is 12.3. The molecule has 0 spiro atoms. The molecule has 1 aromatic heterocycles. The van der Waals surface area contributed by atoms with Gasteiger partial charge in [-0.3, -0.25) is 0 Å². The number of hydrogen-bond donors (Lipinski definition) is 0. The molecule has 1 fully saturated rings. The van der Waals surface area contributed by atoms with Crippen molar-refractivity contribution in [2.24, 2.45) is 0 Å². The van der Waals surface area contributed by atoms with Crippen molar-refractivity contribution in [3.05, 3.63) is 90.1 Å². The van der Waals surface area contributed by atoms with Crippen molar-refractivity contribution >= 4 is 23.7 Å². The fourth-order valence-corrected chi connectivity index (χ4v) is 4.24. The fourth-order valence-electron chi connectivity index (χ4n) is 4.24.